The Hall–Kier alpha value is -1.58. The van der Waals surface area contributed by atoms with Crippen molar-refractivity contribution in [2.45, 2.75) is 25.4 Å². The summed E-state index contributed by atoms with van der Waals surface area (Å²) in [5.74, 6) is 0.816. The standard InChI is InChI=1S/C17H18ClFO2/c1-17(20,11-4-12-18)13-7-9-14(10-8-13)21-16-6-3-2-5-15(16)19/h2-3,5-10,20H,4,11-12H2,1H3. The summed E-state index contributed by atoms with van der Waals surface area (Å²) in [6.45, 7) is 1.76. The summed E-state index contributed by atoms with van der Waals surface area (Å²) in [4.78, 5) is 0. The zero-order chi connectivity index (χ0) is 15.3. The first-order chi connectivity index (χ1) is 10.0. The van der Waals surface area contributed by atoms with Gasteiger partial charge in [0.25, 0.3) is 0 Å². The fourth-order valence-corrected chi connectivity index (χ4v) is 2.23. The van der Waals surface area contributed by atoms with Gasteiger partial charge in [0.1, 0.15) is 5.75 Å². The number of ether oxygens (including phenoxy) is 1. The van der Waals surface area contributed by atoms with Crippen LogP contribution in [-0.2, 0) is 5.60 Å². The first kappa shape index (κ1) is 15.8. The van der Waals surface area contributed by atoms with E-state index in [-0.39, 0.29) is 5.75 Å². The van der Waals surface area contributed by atoms with Crippen molar-refractivity contribution in [2.75, 3.05) is 5.88 Å². The van der Waals surface area contributed by atoms with E-state index >= 15 is 0 Å². The van der Waals surface area contributed by atoms with Crippen molar-refractivity contribution in [3.05, 3.63) is 59.9 Å². The SMILES string of the molecule is CC(O)(CCCCl)c1ccc(Oc2ccccc2F)cc1. The number of hydrogen-bond acceptors (Lipinski definition) is 2. The van der Waals surface area contributed by atoms with Crippen LogP contribution in [0.3, 0.4) is 0 Å². The van der Waals surface area contributed by atoms with Gasteiger partial charge in [0.05, 0.1) is 5.60 Å². The Morgan fingerprint density at radius 2 is 1.81 bits per heavy atom. The van der Waals surface area contributed by atoms with Crippen molar-refractivity contribution < 1.29 is 14.2 Å². The normalized spacial score (nSPS) is 13.7. The van der Waals surface area contributed by atoms with Gasteiger partial charge in [-0.05, 0) is 49.6 Å². The van der Waals surface area contributed by atoms with E-state index in [2.05, 4.69) is 0 Å². The lowest BCUT2D eigenvalue weighted by atomic mass is 9.91. The Kier molecular flexibility index (Phi) is 5.21. The molecule has 0 aliphatic carbocycles. The molecule has 0 aliphatic rings. The summed E-state index contributed by atoms with van der Waals surface area (Å²) in [5.41, 5.74) is -0.140. The predicted molar refractivity (Wildman–Crippen MR) is 82.4 cm³/mol. The average Bonchev–Trinajstić information content (AvgIpc) is 2.48. The van der Waals surface area contributed by atoms with Crippen LogP contribution < -0.4 is 4.74 Å². The summed E-state index contributed by atoms with van der Waals surface area (Å²) < 4.78 is 19.0. The van der Waals surface area contributed by atoms with E-state index in [0.717, 1.165) is 12.0 Å². The molecular weight excluding hydrogens is 291 g/mol. The van der Waals surface area contributed by atoms with Gasteiger partial charge in [-0.15, -0.1) is 11.6 Å². The van der Waals surface area contributed by atoms with Gasteiger partial charge >= 0.3 is 0 Å². The highest BCUT2D eigenvalue weighted by Crippen LogP contribution is 2.29. The summed E-state index contributed by atoms with van der Waals surface area (Å²) in [6.07, 6.45) is 1.33. The highest BCUT2D eigenvalue weighted by molar-refractivity contribution is 6.17. The molecule has 1 atom stereocenters. The maximum Gasteiger partial charge on any atom is 0.165 e. The third-order valence-electron chi connectivity index (χ3n) is 3.34. The van der Waals surface area contributed by atoms with Gasteiger partial charge in [0, 0.05) is 5.88 Å². The molecule has 112 valence electrons. The summed E-state index contributed by atoms with van der Waals surface area (Å²) in [5, 5.41) is 10.4. The molecule has 0 heterocycles. The molecule has 0 fully saturated rings. The van der Waals surface area contributed by atoms with Crippen LogP contribution >= 0.6 is 11.6 Å². The molecule has 0 aliphatic heterocycles. The molecule has 0 spiro atoms. The molecule has 1 N–H and O–H groups in total. The second-order valence-electron chi connectivity index (χ2n) is 5.12. The molecule has 2 rings (SSSR count). The minimum atomic E-state index is -0.925. The number of rotatable bonds is 6. The van der Waals surface area contributed by atoms with Crippen LogP contribution in [0.2, 0.25) is 0 Å². The molecule has 2 nitrogen and oxygen atoms in total. The Labute approximate surface area is 129 Å². The maximum absolute atomic E-state index is 13.5. The molecule has 0 saturated heterocycles. The van der Waals surface area contributed by atoms with Gasteiger partial charge in [-0.2, -0.15) is 0 Å². The smallest absolute Gasteiger partial charge is 0.165 e. The van der Waals surface area contributed by atoms with Crippen molar-refractivity contribution in [1.82, 2.24) is 0 Å². The van der Waals surface area contributed by atoms with E-state index in [9.17, 15) is 9.50 Å². The summed E-state index contributed by atoms with van der Waals surface area (Å²) >= 11 is 5.66. The zero-order valence-electron chi connectivity index (χ0n) is 11.9. The number of aliphatic hydroxyl groups is 1. The quantitative estimate of drug-likeness (QED) is 0.773. The molecule has 0 radical (unpaired) electrons. The minimum Gasteiger partial charge on any atom is -0.454 e. The van der Waals surface area contributed by atoms with Crippen molar-refractivity contribution in [1.29, 1.82) is 0 Å². The highest BCUT2D eigenvalue weighted by Gasteiger charge is 2.22. The second-order valence-corrected chi connectivity index (χ2v) is 5.50. The Bertz CT molecular complexity index is 582. The zero-order valence-corrected chi connectivity index (χ0v) is 12.6. The third kappa shape index (κ3) is 4.19. The van der Waals surface area contributed by atoms with Gasteiger partial charge in [-0.25, -0.2) is 4.39 Å². The van der Waals surface area contributed by atoms with Crippen molar-refractivity contribution in [3.8, 4) is 11.5 Å². The maximum atomic E-state index is 13.5. The Morgan fingerprint density at radius 1 is 1.14 bits per heavy atom. The van der Waals surface area contributed by atoms with Crippen LogP contribution in [0.1, 0.15) is 25.3 Å². The minimum absolute atomic E-state index is 0.180. The number of para-hydroxylation sites is 1. The van der Waals surface area contributed by atoms with E-state index in [0.29, 0.717) is 18.1 Å². The third-order valence-corrected chi connectivity index (χ3v) is 3.61. The Balaban J connectivity index is 2.10. The molecule has 0 bridgehead atoms. The van der Waals surface area contributed by atoms with Gasteiger partial charge in [-0.1, -0.05) is 24.3 Å². The van der Waals surface area contributed by atoms with Gasteiger partial charge in [0.15, 0.2) is 11.6 Å². The van der Waals surface area contributed by atoms with Crippen LogP contribution in [0, 0.1) is 5.82 Å². The predicted octanol–water partition coefficient (Wildman–Crippen LogP) is 4.84. The lowest BCUT2D eigenvalue weighted by Gasteiger charge is -2.23. The van der Waals surface area contributed by atoms with E-state index in [4.69, 9.17) is 16.3 Å². The average molecular weight is 309 g/mol. The van der Waals surface area contributed by atoms with Crippen LogP contribution in [-0.4, -0.2) is 11.0 Å². The lowest BCUT2D eigenvalue weighted by Crippen LogP contribution is -2.21. The van der Waals surface area contributed by atoms with Crippen molar-refractivity contribution in [2.24, 2.45) is 0 Å². The van der Waals surface area contributed by atoms with E-state index < -0.39 is 11.4 Å². The van der Waals surface area contributed by atoms with Crippen LogP contribution in [0.4, 0.5) is 4.39 Å². The van der Waals surface area contributed by atoms with Crippen LogP contribution in [0.5, 0.6) is 11.5 Å². The first-order valence-corrected chi connectivity index (χ1v) is 7.37. The fraction of sp³-hybridized carbons (Fsp3) is 0.294. The largest absolute Gasteiger partial charge is 0.454 e. The van der Waals surface area contributed by atoms with Crippen molar-refractivity contribution >= 4 is 11.6 Å². The number of hydrogen-bond donors (Lipinski definition) is 1. The van der Waals surface area contributed by atoms with E-state index in [1.54, 1.807) is 49.4 Å². The van der Waals surface area contributed by atoms with Gasteiger partial charge in [-0.3, -0.25) is 0 Å². The highest BCUT2D eigenvalue weighted by atomic mass is 35.5. The molecule has 0 saturated carbocycles. The molecule has 2 aromatic rings. The number of halogens is 2. The fourth-order valence-electron chi connectivity index (χ4n) is 2.09. The molecule has 4 heteroatoms. The van der Waals surface area contributed by atoms with Crippen LogP contribution in [0.25, 0.3) is 0 Å². The summed E-state index contributed by atoms with van der Waals surface area (Å²) in [6, 6.07) is 13.2. The molecule has 1 unspecified atom stereocenters. The molecule has 0 amide bonds. The topological polar surface area (TPSA) is 29.5 Å². The Morgan fingerprint density at radius 3 is 2.43 bits per heavy atom. The van der Waals surface area contributed by atoms with Gasteiger partial charge in [0.2, 0.25) is 0 Å². The molecule has 2 aromatic carbocycles. The van der Waals surface area contributed by atoms with E-state index in [1.165, 1.54) is 6.07 Å². The van der Waals surface area contributed by atoms with Crippen molar-refractivity contribution in [3.63, 3.8) is 0 Å². The van der Waals surface area contributed by atoms with E-state index in [1.807, 2.05) is 0 Å². The number of benzene rings is 2. The molecule has 21 heavy (non-hydrogen) atoms. The summed E-state index contributed by atoms with van der Waals surface area (Å²) in [7, 11) is 0. The monoisotopic (exact) mass is 308 g/mol. The number of alkyl halides is 1. The van der Waals surface area contributed by atoms with Gasteiger partial charge < -0.3 is 9.84 Å². The first-order valence-electron chi connectivity index (χ1n) is 6.84. The lowest BCUT2D eigenvalue weighted by molar-refractivity contribution is 0.0471. The van der Waals surface area contributed by atoms with Crippen LogP contribution in [0.15, 0.2) is 48.5 Å². The molecular formula is C17H18ClFO2. The second kappa shape index (κ2) is 6.92. The molecule has 0 aromatic heterocycles.